The van der Waals surface area contributed by atoms with Crippen LogP contribution in [0.25, 0.3) is 0 Å². The summed E-state index contributed by atoms with van der Waals surface area (Å²) in [7, 11) is 5.99. The Morgan fingerprint density at radius 1 is 1.33 bits per heavy atom. The number of aliphatic carboxylic acids is 1. The van der Waals surface area contributed by atoms with Crippen LogP contribution in [0.1, 0.15) is 23.3 Å². The molecule has 2 heterocycles. The van der Waals surface area contributed by atoms with Gasteiger partial charge >= 0.3 is 12.1 Å². The van der Waals surface area contributed by atoms with Gasteiger partial charge in [0.2, 0.25) is 0 Å². The van der Waals surface area contributed by atoms with Gasteiger partial charge in [0.1, 0.15) is 11.8 Å². The highest BCUT2D eigenvalue weighted by atomic mass is 19.4. The molecule has 2 aliphatic rings. The van der Waals surface area contributed by atoms with E-state index in [1.165, 1.54) is 0 Å². The first-order valence-electron chi connectivity index (χ1n) is 9.62. The van der Waals surface area contributed by atoms with E-state index in [0.29, 0.717) is 19.8 Å². The molecule has 170 valence electrons. The molecular weight excluding hydrogens is 407 g/mol. The Morgan fingerprint density at radius 2 is 2.00 bits per heavy atom. The number of carboxylic acids is 1. The molecular formula is C19H28F3N3O5. The van der Waals surface area contributed by atoms with Gasteiger partial charge in [0.15, 0.2) is 0 Å². The largest absolute Gasteiger partial charge is 0.490 e. The minimum atomic E-state index is -5.08. The summed E-state index contributed by atoms with van der Waals surface area (Å²) < 4.78 is 45.6. The maximum Gasteiger partial charge on any atom is 0.490 e. The van der Waals surface area contributed by atoms with Crippen LogP contribution in [0.2, 0.25) is 0 Å². The van der Waals surface area contributed by atoms with Crippen molar-refractivity contribution in [2.45, 2.75) is 37.3 Å². The summed E-state index contributed by atoms with van der Waals surface area (Å²) in [6.07, 6.45) is -1.15. The zero-order valence-electron chi connectivity index (χ0n) is 17.3. The van der Waals surface area contributed by atoms with Crippen LogP contribution >= 0.6 is 0 Å². The lowest BCUT2D eigenvalue weighted by Crippen LogP contribution is -2.54. The summed E-state index contributed by atoms with van der Waals surface area (Å²) >= 11 is 0. The zero-order valence-corrected chi connectivity index (χ0v) is 17.3. The number of ether oxygens (including phenoxy) is 2. The highest BCUT2D eigenvalue weighted by molar-refractivity contribution is 5.93. The summed E-state index contributed by atoms with van der Waals surface area (Å²) in [6, 6.07) is 3.93. The topological polar surface area (TPSA) is 84.2 Å². The second-order valence-electron chi connectivity index (χ2n) is 7.50. The smallest absolute Gasteiger partial charge is 0.475 e. The number of carboxylic acid groups (broad SMARTS) is 1. The first-order chi connectivity index (χ1) is 14.0. The number of nitrogens with zero attached hydrogens (tertiary/aromatic N) is 3. The number of halogens is 3. The predicted molar refractivity (Wildman–Crippen MR) is 101 cm³/mol. The maximum atomic E-state index is 12.8. The van der Waals surface area contributed by atoms with Gasteiger partial charge in [-0.2, -0.15) is 13.2 Å². The summed E-state index contributed by atoms with van der Waals surface area (Å²) in [6.45, 7) is 2.86. The molecule has 1 N–H and O–H groups in total. The number of aromatic nitrogens is 1. The number of carbonyl (C=O) groups is 2. The molecule has 30 heavy (non-hydrogen) atoms. The third kappa shape index (κ3) is 6.19. The van der Waals surface area contributed by atoms with E-state index in [9.17, 15) is 18.0 Å². The maximum absolute atomic E-state index is 12.8. The standard InChI is InChI=1S/C17H27N3O3.C2HF3O2/c1-18(2)9-11-22-15-7-6-13-16(15)23-12-10-20(13)17(21)14-5-4-8-19(14)3;3-2(4,5)1(6)7/h4-5,8,13,15-16H,6-7,9-12H2,1-3H3;(H,6,7)/t13-,15+,16+;/m0./s1. The summed E-state index contributed by atoms with van der Waals surface area (Å²) in [5, 5.41) is 7.12. The zero-order chi connectivity index (χ0) is 22.5. The number of hydrogen-bond acceptors (Lipinski definition) is 5. The lowest BCUT2D eigenvalue weighted by Gasteiger charge is -2.39. The Bertz CT molecular complexity index is 723. The van der Waals surface area contributed by atoms with Gasteiger partial charge in [-0.05, 0) is 39.1 Å². The number of likely N-dealkylation sites (N-methyl/N-ethyl adjacent to an activating group) is 1. The predicted octanol–water partition coefficient (Wildman–Crippen LogP) is 1.61. The molecule has 0 aromatic carbocycles. The number of morpholine rings is 1. The molecule has 1 saturated carbocycles. The molecule has 1 aliphatic heterocycles. The SMILES string of the molecule is CN(C)CCO[C@@H]1CC[C@H]2[C@H]1OCCN2C(=O)c1cccn1C.O=C(O)C(F)(F)F. The van der Waals surface area contributed by atoms with Crippen LogP contribution in [0.15, 0.2) is 18.3 Å². The van der Waals surface area contributed by atoms with E-state index in [0.717, 1.165) is 25.1 Å². The van der Waals surface area contributed by atoms with Crippen molar-refractivity contribution in [1.29, 1.82) is 0 Å². The molecule has 3 rings (SSSR count). The van der Waals surface area contributed by atoms with Crippen LogP contribution in [-0.4, -0.2) is 96.2 Å². The Hall–Kier alpha value is -2.11. The van der Waals surface area contributed by atoms with Crippen molar-refractivity contribution in [3.8, 4) is 0 Å². The lowest BCUT2D eigenvalue weighted by molar-refractivity contribution is -0.192. The van der Waals surface area contributed by atoms with Crippen molar-refractivity contribution >= 4 is 11.9 Å². The van der Waals surface area contributed by atoms with Gasteiger partial charge in [-0.3, -0.25) is 4.79 Å². The minimum absolute atomic E-state index is 0.00938. The third-order valence-electron chi connectivity index (χ3n) is 5.07. The van der Waals surface area contributed by atoms with Gasteiger partial charge in [0.05, 0.1) is 25.4 Å². The monoisotopic (exact) mass is 435 g/mol. The molecule has 3 atom stereocenters. The van der Waals surface area contributed by atoms with Gasteiger partial charge in [-0.15, -0.1) is 0 Å². The average Bonchev–Trinajstić information content (AvgIpc) is 3.27. The number of aryl methyl sites for hydroxylation is 1. The van der Waals surface area contributed by atoms with E-state index in [2.05, 4.69) is 4.90 Å². The Labute approximate surface area is 173 Å². The number of amides is 1. The normalized spacial score (nSPS) is 23.7. The summed E-state index contributed by atoms with van der Waals surface area (Å²) in [5.41, 5.74) is 0.739. The van der Waals surface area contributed by atoms with E-state index in [1.807, 2.05) is 48.9 Å². The van der Waals surface area contributed by atoms with Gasteiger partial charge in [0, 0.05) is 26.3 Å². The van der Waals surface area contributed by atoms with Crippen LogP contribution in [-0.2, 0) is 21.3 Å². The quantitative estimate of drug-likeness (QED) is 0.757. The molecule has 0 radical (unpaired) electrons. The van der Waals surface area contributed by atoms with Crippen molar-refractivity contribution in [3.05, 3.63) is 24.0 Å². The van der Waals surface area contributed by atoms with Crippen LogP contribution in [0.3, 0.4) is 0 Å². The fourth-order valence-corrected chi connectivity index (χ4v) is 3.56. The van der Waals surface area contributed by atoms with Gasteiger partial charge < -0.3 is 28.9 Å². The first-order valence-corrected chi connectivity index (χ1v) is 9.62. The fourth-order valence-electron chi connectivity index (χ4n) is 3.56. The van der Waals surface area contributed by atoms with Gasteiger partial charge in [-0.1, -0.05) is 0 Å². The van der Waals surface area contributed by atoms with Crippen molar-refractivity contribution in [3.63, 3.8) is 0 Å². The molecule has 1 saturated heterocycles. The summed E-state index contributed by atoms with van der Waals surface area (Å²) in [4.78, 5) is 25.8. The molecule has 0 unspecified atom stereocenters. The van der Waals surface area contributed by atoms with Crippen molar-refractivity contribution in [2.75, 3.05) is 40.4 Å². The Morgan fingerprint density at radius 3 is 2.53 bits per heavy atom. The fraction of sp³-hybridized carbons (Fsp3) is 0.684. The number of carbonyl (C=O) groups excluding carboxylic acids is 1. The van der Waals surface area contributed by atoms with Gasteiger partial charge in [0.25, 0.3) is 5.91 Å². The second kappa shape index (κ2) is 10.3. The van der Waals surface area contributed by atoms with E-state index in [1.54, 1.807) is 0 Å². The van der Waals surface area contributed by atoms with Crippen molar-refractivity contribution in [1.82, 2.24) is 14.4 Å². The lowest BCUT2D eigenvalue weighted by atomic mass is 10.1. The third-order valence-corrected chi connectivity index (χ3v) is 5.07. The van der Waals surface area contributed by atoms with Crippen LogP contribution in [0.4, 0.5) is 13.2 Å². The van der Waals surface area contributed by atoms with Crippen LogP contribution in [0.5, 0.6) is 0 Å². The molecule has 0 spiro atoms. The molecule has 0 bridgehead atoms. The van der Waals surface area contributed by atoms with Crippen LogP contribution in [0, 0.1) is 0 Å². The van der Waals surface area contributed by atoms with Crippen LogP contribution < -0.4 is 0 Å². The van der Waals surface area contributed by atoms with E-state index in [4.69, 9.17) is 19.4 Å². The number of fused-ring (bicyclic) bond motifs is 1. The average molecular weight is 435 g/mol. The molecule has 8 nitrogen and oxygen atoms in total. The van der Waals surface area contributed by atoms with E-state index < -0.39 is 12.1 Å². The molecule has 1 amide bonds. The molecule has 1 aliphatic carbocycles. The molecule has 11 heteroatoms. The van der Waals surface area contributed by atoms with E-state index >= 15 is 0 Å². The summed E-state index contributed by atoms with van der Waals surface area (Å²) in [5.74, 6) is -2.66. The molecule has 2 fully saturated rings. The van der Waals surface area contributed by atoms with Crippen molar-refractivity contribution < 1.29 is 37.3 Å². The first kappa shape index (κ1) is 24.2. The molecule has 1 aromatic rings. The number of hydrogen-bond donors (Lipinski definition) is 1. The highest BCUT2D eigenvalue weighted by Gasteiger charge is 2.45. The van der Waals surface area contributed by atoms with Crippen molar-refractivity contribution in [2.24, 2.45) is 7.05 Å². The highest BCUT2D eigenvalue weighted by Crippen LogP contribution is 2.33. The molecule has 1 aromatic heterocycles. The minimum Gasteiger partial charge on any atom is -0.475 e. The van der Waals surface area contributed by atoms with Gasteiger partial charge in [-0.25, -0.2) is 4.79 Å². The van der Waals surface area contributed by atoms with E-state index in [-0.39, 0.29) is 24.2 Å². The Balaban J connectivity index is 0.000000396. The number of alkyl halides is 3. The second-order valence-corrected chi connectivity index (χ2v) is 7.50. The number of rotatable bonds is 5. The Kier molecular flexibility index (Phi) is 8.27.